The van der Waals surface area contributed by atoms with Crippen LogP contribution in [0.3, 0.4) is 0 Å². The zero-order valence-corrected chi connectivity index (χ0v) is 13.0. The highest BCUT2D eigenvalue weighted by Gasteiger charge is 2.32. The van der Waals surface area contributed by atoms with E-state index in [9.17, 15) is 9.90 Å². The molecule has 1 N–H and O–H groups in total. The van der Waals surface area contributed by atoms with Gasteiger partial charge in [0, 0.05) is 13.2 Å². The molecule has 1 saturated carbocycles. The third-order valence-electron chi connectivity index (χ3n) is 4.60. The lowest BCUT2D eigenvalue weighted by atomic mass is 9.83. The number of hydrogen-bond donors (Lipinski definition) is 1. The van der Waals surface area contributed by atoms with Crippen LogP contribution in [0.1, 0.15) is 43.6 Å². The van der Waals surface area contributed by atoms with Gasteiger partial charge in [0.2, 0.25) is 0 Å². The number of anilines is 1. The van der Waals surface area contributed by atoms with Crippen molar-refractivity contribution in [2.75, 3.05) is 25.2 Å². The number of carbonyl (C=O) groups excluding carboxylic acids is 1. The number of ether oxygens (including phenoxy) is 2. The van der Waals surface area contributed by atoms with Crippen molar-refractivity contribution in [1.29, 1.82) is 0 Å². The van der Waals surface area contributed by atoms with Crippen molar-refractivity contribution in [3.8, 4) is 5.75 Å². The van der Waals surface area contributed by atoms with E-state index >= 15 is 0 Å². The maximum Gasteiger partial charge on any atom is 0.414 e. The molecule has 5 nitrogen and oxygen atoms in total. The molecule has 1 aromatic rings. The SMILES string of the molecule is COC[C@@H]1CN(c2ccc(C3CCCCC3)c(O)c2)C(=O)O1. The second kappa shape index (κ2) is 6.57. The van der Waals surface area contributed by atoms with Crippen molar-refractivity contribution in [3.05, 3.63) is 23.8 Å². The third-order valence-corrected chi connectivity index (χ3v) is 4.60. The predicted molar refractivity (Wildman–Crippen MR) is 83.4 cm³/mol. The van der Waals surface area contributed by atoms with Gasteiger partial charge in [0.15, 0.2) is 0 Å². The quantitative estimate of drug-likeness (QED) is 0.926. The molecular weight excluding hydrogens is 282 g/mol. The average molecular weight is 305 g/mol. The fraction of sp³-hybridized carbons (Fsp3) is 0.588. The molecule has 1 atom stereocenters. The Morgan fingerprint density at radius 2 is 2.09 bits per heavy atom. The van der Waals surface area contributed by atoms with Gasteiger partial charge in [-0.2, -0.15) is 0 Å². The van der Waals surface area contributed by atoms with Gasteiger partial charge in [-0.3, -0.25) is 4.90 Å². The molecule has 1 aromatic carbocycles. The molecule has 1 saturated heterocycles. The van der Waals surface area contributed by atoms with E-state index in [0.717, 1.165) is 18.4 Å². The number of phenolic OH excluding ortho intramolecular Hbond substituents is 1. The molecule has 1 aliphatic heterocycles. The lowest BCUT2D eigenvalue weighted by Crippen LogP contribution is -2.25. The van der Waals surface area contributed by atoms with Crippen LogP contribution in [0, 0.1) is 0 Å². The van der Waals surface area contributed by atoms with Crippen molar-refractivity contribution < 1.29 is 19.4 Å². The van der Waals surface area contributed by atoms with Gasteiger partial charge >= 0.3 is 6.09 Å². The number of hydrogen-bond acceptors (Lipinski definition) is 4. The average Bonchev–Trinajstić information content (AvgIpc) is 2.89. The number of amides is 1. The highest BCUT2D eigenvalue weighted by atomic mass is 16.6. The van der Waals surface area contributed by atoms with Crippen LogP contribution < -0.4 is 4.90 Å². The van der Waals surface area contributed by atoms with Gasteiger partial charge in [0.05, 0.1) is 18.8 Å². The monoisotopic (exact) mass is 305 g/mol. The van der Waals surface area contributed by atoms with E-state index in [-0.39, 0.29) is 17.9 Å². The summed E-state index contributed by atoms with van der Waals surface area (Å²) >= 11 is 0. The summed E-state index contributed by atoms with van der Waals surface area (Å²) in [5.41, 5.74) is 1.69. The highest BCUT2D eigenvalue weighted by Crippen LogP contribution is 2.39. The van der Waals surface area contributed by atoms with Crippen molar-refractivity contribution in [1.82, 2.24) is 0 Å². The zero-order chi connectivity index (χ0) is 15.5. The standard InChI is InChI=1S/C17H23NO4/c1-21-11-14-10-18(17(20)22-14)13-7-8-15(16(19)9-13)12-5-3-2-4-6-12/h7-9,12,14,19H,2-6,10-11H2,1H3/t14-/m0/s1. The van der Waals surface area contributed by atoms with Crippen molar-refractivity contribution in [2.45, 2.75) is 44.1 Å². The molecule has 2 aliphatic rings. The number of methoxy groups -OCH3 is 1. The summed E-state index contributed by atoms with van der Waals surface area (Å²) in [5.74, 6) is 0.724. The molecular formula is C17H23NO4. The Bertz CT molecular complexity index is 539. The van der Waals surface area contributed by atoms with E-state index in [0.29, 0.717) is 24.8 Å². The molecule has 22 heavy (non-hydrogen) atoms. The summed E-state index contributed by atoms with van der Waals surface area (Å²) in [5, 5.41) is 10.4. The van der Waals surface area contributed by atoms with Gasteiger partial charge in [-0.05, 0) is 30.4 Å². The van der Waals surface area contributed by atoms with Gasteiger partial charge < -0.3 is 14.6 Å². The van der Waals surface area contributed by atoms with Crippen molar-refractivity contribution >= 4 is 11.8 Å². The smallest absolute Gasteiger partial charge is 0.414 e. The number of benzene rings is 1. The van der Waals surface area contributed by atoms with Crippen LogP contribution in [0.5, 0.6) is 5.75 Å². The van der Waals surface area contributed by atoms with Gasteiger partial charge in [0.1, 0.15) is 11.9 Å². The maximum absolute atomic E-state index is 11.9. The maximum atomic E-state index is 11.9. The summed E-state index contributed by atoms with van der Waals surface area (Å²) < 4.78 is 10.3. The minimum atomic E-state index is -0.383. The Morgan fingerprint density at radius 1 is 1.32 bits per heavy atom. The van der Waals surface area contributed by atoms with E-state index in [1.807, 2.05) is 12.1 Å². The van der Waals surface area contributed by atoms with Crippen molar-refractivity contribution in [3.63, 3.8) is 0 Å². The highest BCUT2D eigenvalue weighted by molar-refractivity contribution is 5.90. The first-order chi connectivity index (χ1) is 10.7. The first-order valence-electron chi connectivity index (χ1n) is 7.99. The first-order valence-corrected chi connectivity index (χ1v) is 7.99. The fourth-order valence-electron chi connectivity index (χ4n) is 3.46. The normalized spacial score (nSPS) is 22.9. The molecule has 0 radical (unpaired) electrons. The fourth-order valence-corrected chi connectivity index (χ4v) is 3.46. The Hall–Kier alpha value is -1.75. The van der Waals surface area contributed by atoms with Crippen LogP contribution in [-0.2, 0) is 9.47 Å². The first kappa shape index (κ1) is 15.2. The molecule has 0 aromatic heterocycles. The Labute approximate surface area is 130 Å². The number of rotatable bonds is 4. The summed E-state index contributed by atoms with van der Waals surface area (Å²) in [6, 6.07) is 5.54. The number of nitrogens with zero attached hydrogens (tertiary/aromatic N) is 1. The molecule has 5 heteroatoms. The van der Waals surface area contributed by atoms with E-state index < -0.39 is 0 Å². The second-order valence-corrected chi connectivity index (χ2v) is 6.15. The number of carbonyl (C=O) groups is 1. The van der Waals surface area contributed by atoms with Crippen LogP contribution >= 0.6 is 0 Å². The predicted octanol–water partition coefficient (Wildman–Crippen LogP) is 3.41. The molecule has 3 rings (SSSR count). The summed E-state index contributed by atoms with van der Waals surface area (Å²) in [4.78, 5) is 13.5. The summed E-state index contributed by atoms with van der Waals surface area (Å²) in [7, 11) is 1.58. The van der Waals surface area contributed by atoms with Crippen LogP contribution in [0.25, 0.3) is 0 Å². The van der Waals surface area contributed by atoms with Gasteiger partial charge in [-0.15, -0.1) is 0 Å². The molecule has 1 aliphatic carbocycles. The summed E-state index contributed by atoms with van der Waals surface area (Å²) in [6.45, 7) is 0.837. The van der Waals surface area contributed by atoms with Crippen LogP contribution in [-0.4, -0.2) is 37.6 Å². The zero-order valence-electron chi connectivity index (χ0n) is 13.0. The second-order valence-electron chi connectivity index (χ2n) is 6.15. The minimum Gasteiger partial charge on any atom is -0.508 e. The Morgan fingerprint density at radius 3 is 2.77 bits per heavy atom. The van der Waals surface area contributed by atoms with E-state index in [1.54, 1.807) is 18.1 Å². The number of cyclic esters (lactones) is 1. The molecule has 0 bridgehead atoms. The molecule has 0 spiro atoms. The number of aromatic hydroxyl groups is 1. The Balaban J connectivity index is 1.75. The number of phenols is 1. The molecule has 0 unspecified atom stereocenters. The van der Waals surface area contributed by atoms with Crippen LogP contribution in [0.15, 0.2) is 18.2 Å². The minimum absolute atomic E-state index is 0.252. The lowest BCUT2D eigenvalue weighted by Gasteiger charge is -2.23. The molecule has 120 valence electrons. The topological polar surface area (TPSA) is 59.0 Å². The molecule has 1 heterocycles. The molecule has 1 amide bonds. The van der Waals surface area contributed by atoms with Crippen LogP contribution in [0.4, 0.5) is 10.5 Å². The Kier molecular flexibility index (Phi) is 4.52. The molecule has 2 fully saturated rings. The van der Waals surface area contributed by atoms with Gasteiger partial charge in [-0.1, -0.05) is 25.3 Å². The van der Waals surface area contributed by atoms with E-state index in [4.69, 9.17) is 9.47 Å². The van der Waals surface area contributed by atoms with E-state index in [1.165, 1.54) is 19.3 Å². The summed E-state index contributed by atoms with van der Waals surface area (Å²) in [6.07, 6.45) is 5.37. The van der Waals surface area contributed by atoms with Gasteiger partial charge in [0.25, 0.3) is 0 Å². The third kappa shape index (κ3) is 3.04. The van der Waals surface area contributed by atoms with Crippen LogP contribution in [0.2, 0.25) is 0 Å². The van der Waals surface area contributed by atoms with Crippen molar-refractivity contribution in [2.24, 2.45) is 0 Å². The lowest BCUT2D eigenvalue weighted by molar-refractivity contribution is 0.0718. The largest absolute Gasteiger partial charge is 0.508 e. The van der Waals surface area contributed by atoms with Gasteiger partial charge in [-0.25, -0.2) is 4.79 Å². The van der Waals surface area contributed by atoms with E-state index in [2.05, 4.69) is 0 Å².